The van der Waals surface area contributed by atoms with Crippen LogP contribution in [0.15, 0.2) is 30.5 Å². The number of primary amides is 1. The molecule has 0 saturated carbocycles. The summed E-state index contributed by atoms with van der Waals surface area (Å²) in [4.78, 5) is 15.3. The zero-order valence-electron chi connectivity index (χ0n) is 14.9. The zero-order chi connectivity index (χ0) is 20.9. The number of amides is 1. The van der Waals surface area contributed by atoms with Crippen molar-refractivity contribution in [3.05, 3.63) is 46.6 Å². The summed E-state index contributed by atoms with van der Waals surface area (Å²) in [5.74, 6) is -0.576. The second kappa shape index (κ2) is 8.92. The maximum Gasteiger partial charge on any atom is 0.389 e. The van der Waals surface area contributed by atoms with Crippen molar-refractivity contribution in [3.63, 3.8) is 0 Å². The molecule has 0 fully saturated rings. The van der Waals surface area contributed by atoms with E-state index in [1.54, 1.807) is 13.0 Å². The third-order valence-electron chi connectivity index (χ3n) is 3.64. The van der Waals surface area contributed by atoms with E-state index < -0.39 is 18.5 Å². The predicted octanol–water partition coefficient (Wildman–Crippen LogP) is 4.69. The highest BCUT2D eigenvalue weighted by Gasteiger charge is 2.26. The number of aromatic nitrogens is 1. The highest BCUT2D eigenvalue weighted by atomic mass is 35.5. The maximum absolute atomic E-state index is 12.1. The molecular weight excluding hydrogens is 397 g/mol. The lowest BCUT2D eigenvalue weighted by atomic mass is 10.0. The molecule has 28 heavy (non-hydrogen) atoms. The van der Waals surface area contributed by atoms with Crippen LogP contribution in [0.1, 0.15) is 35.7 Å². The van der Waals surface area contributed by atoms with Gasteiger partial charge >= 0.3 is 6.18 Å². The standard InChI is InChI=1S/C18H18ClF3N4O2/c1-10(23)13-7-11(16(24)27)3-4-15(13)26-12-8-14(19)17(25-9-12)28-6-2-5-18(20,21)22/h3-4,7-9,23,26H,2,5-6H2,1H3,(H2,24,27). The molecule has 1 heterocycles. The maximum atomic E-state index is 12.1. The number of carbonyl (C=O) groups excluding carboxylic acids is 1. The Morgan fingerprint density at radius 1 is 1.36 bits per heavy atom. The first-order valence-electron chi connectivity index (χ1n) is 8.18. The van der Waals surface area contributed by atoms with Crippen LogP contribution >= 0.6 is 11.6 Å². The summed E-state index contributed by atoms with van der Waals surface area (Å²) in [7, 11) is 0. The van der Waals surface area contributed by atoms with E-state index in [1.807, 2.05) is 0 Å². The van der Waals surface area contributed by atoms with Crippen molar-refractivity contribution in [3.8, 4) is 5.88 Å². The van der Waals surface area contributed by atoms with E-state index in [9.17, 15) is 18.0 Å². The van der Waals surface area contributed by atoms with Crippen LogP contribution in [0.3, 0.4) is 0 Å². The van der Waals surface area contributed by atoms with E-state index in [1.165, 1.54) is 24.4 Å². The van der Waals surface area contributed by atoms with E-state index in [-0.39, 0.29) is 35.2 Å². The Balaban J connectivity index is 2.10. The molecule has 4 N–H and O–H groups in total. The highest BCUT2D eigenvalue weighted by Crippen LogP contribution is 2.29. The Labute approximate surface area is 164 Å². The minimum atomic E-state index is -4.23. The molecule has 0 aliphatic rings. The Hall–Kier alpha value is -2.81. The third-order valence-corrected chi connectivity index (χ3v) is 3.91. The van der Waals surface area contributed by atoms with Crippen LogP contribution in [-0.2, 0) is 0 Å². The fourth-order valence-electron chi connectivity index (χ4n) is 2.31. The number of nitrogens with one attached hydrogen (secondary N) is 2. The molecule has 0 bridgehead atoms. The summed E-state index contributed by atoms with van der Waals surface area (Å²) in [5, 5.41) is 11.0. The second-order valence-corrected chi connectivity index (χ2v) is 6.36. The van der Waals surface area contributed by atoms with Crippen molar-refractivity contribution in [2.24, 2.45) is 5.73 Å². The average molecular weight is 415 g/mol. The molecule has 0 atom stereocenters. The SMILES string of the molecule is CC(=N)c1cc(C(N)=O)ccc1Nc1cnc(OCCCC(F)(F)F)c(Cl)c1. The molecule has 1 amide bonds. The first-order chi connectivity index (χ1) is 13.1. The minimum absolute atomic E-state index is 0.0296. The fraction of sp³-hybridized carbons (Fsp3) is 0.278. The lowest BCUT2D eigenvalue weighted by Crippen LogP contribution is -2.12. The summed E-state index contributed by atoms with van der Waals surface area (Å²) in [5.41, 5.74) is 7.23. The molecule has 0 radical (unpaired) electrons. The highest BCUT2D eigenvalue weighted by molar-refractivity contribution is 6.32. The van der Waals surface area contributed by atoms with E-state index in [0.717, 1.165) is 0 Å². The molecule has 0 unspecified atom stereocenters. The van der Waals surface area contributed by atoms with E-state index >= 15 is 0 Å². The number of ether oxygens (including phenoxy) is 1. The quantitative estimate of drug-likeness (QED) is 0.431. The molecule has 0 aliphatic heterocycles. The van der Waals surface area contributed by atoms with Crippen LogP contribution < -0.4 is 15.8 Å². The van der Waals surface area contributed by atoms with Gasteiger partial charge in [-0.2, -0.15) is 13.2 Å². The Kier molecular flexibility index (Phi) is 6.85. The van der Waals surface area contributed by atoms with E-state index in [2.05, 4.69) is 10.3 Å². The van der Waals surface area contributed by atoms with Crippen molar-refractivity contribution in [2.45, 2.75) is 25.9 Å². The number of nitrogens with zero attached hydrogens (tertiary/aromatic N) is 1. The molecule has 2 aromatic rings. The van der Waals surface area contributed by atoms with Gasteiger partial charge in [-0.1, -0.05) is 11.6 Å². The van der Waals surface area contributed by atoms with Crippen LogP contribution in [0.4, 0.5) is 24.5 Å². The van der Waals surface area contributed by atoms with Gasteiger partial charge in [-0.3, -0.25) is 4.79 Å². The lowest BCUT2D eigenvalue weighted by molar-refractivity contribution is -0.136. The number of pyridine rings is 1. The van der Waals surface area contributed by atoms with Gasteiger partial charge in [-0.15, -0.1) is 0 Å². The number of carbonyl (C=O) groups is 1. The topological polar surface area (TPSA) is 101 Å². The average Bonchev–Trinajstić information content (AvgIpc) is 2.59. The first kappa shape index (κ1) is 21.5. The van der Waals surface area contributed by atoms with Crippen LogP contribution in [-0.4, -0.2) is 29.4 Å². The van der Waals surface area contributed by atoms with Crippen molar-refractivity contribution in [1.29, 1.82) is 5.41 Å². The largest absolute Gasteiger partial charge is 0.477 e. The van der Waals surface area contributed by atoms with Crippen LogP contribution in [0.2, 0.25) is 5.02 Å². The first-order valence-corrected chi connectivity index (χ1v) is 8.56. The molecule has 1 aromatic heterocycles. The van der Waals surface area contributed by atoms with Gasteiger partial charge in [0, 0.05) is 28.9 Å². The number of halogens is 4. The molecule has 0 aliphatic carbocycles. The van der Waals surface area contributed by atoms with Crippen LogP contribution in [0.25, 0.3) is 0 Å². The predicted molar refractivity (Wildman–Crippen MR) is 101 cm³/mol. The molecule has 6 nitrogen and oxygen atoms in total. The number of hydrogen-bond donors (Lipinski definition) is 3. The van der Waals surface area contributed by atoms with Gasteiger partial charge in [0.25, 0.3) is 0 Å². The molecular formula is C18H18ClF3N4O2. The normalized spacial score (nSPS) is 11.2. The van der Waals surface area contributed by atoms with Crippen molar-refractivity contribution >= 4 is 34.6 Å². The van der Waals surface area contributed by atoms with Crippen LogP contribution in [0.5, 0.6) is 5.88 Å². The molecule has 2 rings (SSSR count). The monoisotopic (exact) mass is 414 g/mol. The number of alkyl halides is 3. The Bertz CT molecular complexity index is 888. The van der Waals surface area contributed by atoms with Crippen molar-refractivity contribution < 1.29 is 22.7 Å². The smallest absolute Gasteiger partial charge is 0.389 e. The van der Waals surface area contributed by atoms with Gasteiger partial charge in [0.05, 0.1) is 18.5 Å². The summed E-state index contributed by atoms with van der Waals surface area (Å²) >= 11 is 6.08. The van der Waals surface area contributed by atoms with Crippen molar-refractivity contribution in [2.75, 3.05) is 11.9 Å². The van der Waals surface area contributed by atoms with Crippen molar-refractivity contribution in [1.82, 2.24) is 4.98 Å². The summed E-state index contributed by atoms with van der Waals surface area (Å²) in [6.07, 6.45) is -3.98. The fourth-order valence-corrected chi connectivity index (χ4v) is 2.53. The van der Waals surface area contributed by atoms with Gasteiger partial charge in [0.15, 0.2) is 0 Å². The molecule has 150 valence electrons. The van der Waals surface area contributed by atoms with Gasteiger partial charge in [0.1, 0.15) is 5.02 Å². The number of hydrogen-bond acceptors (Lipinski definition) is 5. The molecule has 0 spiro atoms. The van der Waals surface area contributed by atoms with Gasteiger partial charge < -0.3 is 21.2 Å². The van der Waals surface area contributed by atoms with E-state index in [4.69, 9.17) is 27.5 Å². The number of anilines is 2. The summed E-state index contributed by atoms with van der Waals surface area (Å²) in [6, 6.07) is 6.12. The number of benzene rings is 1. The Morgan fingerprint density at radius 3 is 2.64 bits per heavy atom. The van der Waals surface area contributed by atoms with E-state index in [0.29, 0.717) is 16.9 Å². The molecule has 10 heteroatoms. The Morgan fingerprint density at radius 2 is 2.07 bits per heavy atom. The minimum Gasteiger partial charge on any atom is -0.477 e. The third kappa shape index (κ3) is 6.12. The van der Waals surface area contributed by atoms with Gasteiger partial charge in [-0.25, -0.2) is 4.98 Å². The molecule has 0 saturated heterocycles. The molecule has 1 aromatic carbocycles. The number of nitrogens with two attached hydrogens (primary N) is 1. The lowest BCUT2D eigenvalue weighted by Gasteiger charge is -2.14. The summed E-state index contributed by atoms with van der Waals surface area (Å²) in [6.45, 7) is 1.40. The van der Waals surface area contributed by atoms with Gasteiger partial charge in [0.2, 0.25) is 11.8 Å². The van der Waals surface area contributed by atoms with Gasteiger partial charge in [-0.05, 0) is 37.6 Å². The zero-order valence-corrected chi connectivity index (χ0v) is 15.6. The summed E-state index contributed by atoms with van der Waals surface area (Å²) < 4.78 is 41.6. The number of rotatable bonds is 8. The van der Waals surface area contributed by atoms with Crippen LogP contribution in [0, 0.1) is 5.41 Å². The second-order valence-electron chi connectivity index (χ2n) is 5.95.